The van der Waals surface area contributed by atoms with E-state index in [2.05, 4.69) is 11.6 Å². The van der Waals surface area contributed by atoms with E-state index in [4.69, 9.17) is 4.74 Å². The van der Waals surface area contributed by atoms with E-state index in [0.717, 1.165) is 17.7 Å². The van der Waals surface area contributed by atoms with Gasteiger partial charge in [-0.3, -0.25) is 0 Å². The molecule has 1 aromatic carbocycles. The van der Waals surface area contributed by atoms with E-state index in [1.54, 1.807) is 23.9 Å². The molecule has 1 aromatic rings. The van der Waals surface area contributed by atoms with Gasteiger partial charge in [-0.2, -0.15) is 11.8 Å². The molecular weight excluding hydrogens is 225 g/mol. The average molecular weight is 243 g/mol. The smallest absolute Gasteiger partial charge is 0.165 e. The first-order valence-electron chi connectivity index (χ1n) is 5.22. The zero-order valence-electron chi connectivity index (χ0n) is 9.92. The first-order chi connectivity index (χ1) is 7.72. The fourth-order valence-corrected chi connectivity index (χ4v) is 2.08. The summed E-state index contributed by atoms with van der Waals surface area (Å²) in [5.74, 6) is 1.05. The summed E-state index contributed by atoms with van der Waals surface area (Å²) < 4.78 is 18.4. The molecule has 0 saturated carbocycles. The van der Waals surface area contributed by atoms with Gasteiger partial charge in [0.2, 0.25) is 0 Å². The number of hydrogen-bond donors (Lipinski definition) is 1. The van der Waals surface area contributed by atoms with Crippen molar-refractivity contribution in [1.82, 2.24) is 5.32 Å². The Kier molecular flexibility index (Phi) is 5.63. The van der Waals surface area contributed by atoms with Crippen LogP contribution in [-0.2, 0) is 0 Å². The molecule has 0 fully saturated rings. The van der Waals surface area contributed by atoms with Gasteiger partial charge in [-0.05, 0) is 43.2 Å². The molecule has 0 aliphatic heterocycles. The van der Waals surface area contributed by atoms with Crippen LogP contribution >= 0.6 is 11.8 Å². The fourth-order valence-electron chi connectivity index (χ4n) is 1.61. The summed E-state index contributed by atoms with van der Waals surface area (Å²) in [6.45, 7) is 0. The van der Waals surface area contributed by atoms with Gasteiger partial charge in [0.05, 0.1) is 7.11 Å². The van der Waals surface area contributed by atoms with E-state index in [-0.39, 0.29) is 11.9 Å². The number of benzene rings is 1. The van der Waals surface area contributed by atoms with Crippen LogP contribution in [0.4, 0.5) is 4.39 Å². The third-order valence-electron chi connectivity index (χ3n) is 2.54. The Morgan fingerprint density at radius 3 is 2.75 bits per heavy atom. The zero-order valence-corrected chi connectivity index (χ0v) is 10.7. The first kappa shape index (κ1) is 13.3. The number of rotatable bonds is 6. The predicted molar refractivity (Wildman–Crippen MR) is 67.8 cm³/mol. The summed E-state index contributed by atoms with van der Waals surface area (Å²) in [7, 11) is 3.37. The number of methoxy groups -OCH3 is 1. The van der Waals surface area contributed by atoms with E-state index in [1.165, 1.54) is 7.11 Å². The Hall–Kier alpha value is -0.740. The molecule has 90 valence electrons. The highest BCUT2D eigenvalue weighted by atomic mass is 32.2. The van der Waals surface area contributed by atoms with Gasteiger partial charge in [0.25, 0.3) is 0 Å². The minimum atomic E-state index is -0.301. The Labute approximate surface area is 101 Å². The lowest BCUT2D eigenvalue weighted by atomic mass is 10.0. The van der Waals surface area contributed by atoms with Gasteiger partial charge in [-0.25, -0.2) is 4.39 Å². The van der Waals surface area contributed by atoms with Gasteiger partial charge in [0.15, 0.2) is 11.6 Å². The van der Waals surface area contributed by atoms with E-state index in [0.29, 0.717) is 5.75 Å². The van der Waals surface area contributed by atoms with Crippen molar-refractivity contribution < 1.29 is 9.13 Å². The Morgan fingerprint density at radius 1 is 1.50 bits per heavy atom. The van der Waals surface area contributed by atoms with E-state index in [1.807, 2.05) is 13.1 Å². The van der Waals surface area contributed by atoms with Crippen molar-refractivity contribution >= 4 is 11.8 Å². The highest BCUT2D eigenvalue weighted by Crippen LogP contribution is 2.24. The normalized spacial score (nSPS) is 12.5. The summed E-state index contributed by atoms with van der Waals surface area (Å²) in [4.78, 5) is 0. The van der Waals surface area contributed by atoms with Gasteiger partial charge >= 0.3 is 0 Å². The fraction of sp³-hybridized carbons (Fsp3) is 0.500. The molecule has 1 unspecified atom stereocenters. The SMILES string of the molecule is CNC(CCSC)c1ccc(OC)c(F)c1. The van der Waals surface area contributed by atoms with Crippen LogP contribution in [0.15, 0.2) is 18.2 Å². The minimum absolute atomic E-state index is 0.202. The lowest BCUT2D eigenvalue weighted by Gasteiger charge is -2.16. The molecule has 0 aliphatic carbocycles. The molecule has 0 spiro atoms. The number of halogens is 1. The maximum atomic E-state index is 13.5. The summed E-state index contributed by atoms with van der Waals surface area (Å²) >= 11 is 1.79. The summed E-state index contributed by atoms with van der Waals surface area (Å²) in [6.07, 6.45) is 3.06. The van der Waals surface area contributed by atoms with Gasteiger partial charge in [0.1, 0.15) is 0 Å². The molecule has 0 aliphatic rings. The number of ether oxygens (including phenoxy) is 1. The molecule has 0 aromatic heterocycles. The zero-order chi connectivity index (χ0) is 12.0. The summed E-state index contributed by atoms with van der Waals surface area (Å²) in [6, 6.07) is 5.32. The quantitative estimate of drug-likeness (QED) is 0.830. The van der Waals surface area contributed by atoms with Crippen molar-refractivity contribution in [3.63, 3.8) is 0 Å². The average Bonchev–Trinajstić information content (AvgIpc) is 2.30. The molecule has 0 saturated heterocycles. The van der Waals surface area contributed by atoms with Crippen molar-refractivity contribution in [2.24, 2.45) is 0 Å². The number of hydrogen-bond acceptors (Lipinski definition) is 3. The van der Waals surface area contributed by atoms with Crippen LogP contribution in [0.1, 0.15) is 18.0 Å². The van der Waals surface area contributed by atoms with Crippen LogP contribution in [0.25, 0.3) is 0 Å². The highest BCUT2D eigenvalue weighted by Gasteiger charge is 2.11. The Morgan fingerprint density at radius 2 is 2.25 bits per heavy atom. The van der Waals surface area contributed by atoms with E-state index in [9.17, 15) is 4.39 Å². The summed E-state index contributed by atoms with van der Waals surface area (Å²) in [5.41, 5.74) is 0.967. The maximum absolute atomic E-state index is 13.5. The Balaban J connectivity index is 2.80. The number of nitrogens with one attached hydrogen (secondary N) is 1. The molecule has 0 heterocycles. The third kappa shape index (κ3) is 3.39. The first-order valence-corrected chi connectivity index (χ1v) is 6.62. The van der Waals surface area contributed by atoms with Crippen molar-refractivity contribution in [3.05, 3.63) is 29.6 Å². The second-order valence-electron chi connectivity index (χ2n) is 3.52. The standard InChI is InChI=1S/C12H18FNOS/c1-14-11(6-7-16-3)9-4-5-12(15-2)10(13)8-9/h4-5,8,11,14H,6-7H2,1-3H3. The van der Waals surface area contributed by atoms with Crippen LogP contribution in [0.3, 0.4) is 0 Å². The lowest BCUT2D eigenvalue weighted by Crippen LogP contribution is -2.17. The van der Waals surface area contributed by atoms with Gasteiger partial charge in [-0.1, -0.05) is 6.07 Å². The van der Waals surface area contributed by atoms with Crippen LogP contribution in [0.2, 0.25) is 0 Å². The van der Waals surface area contributed by atoms with Crippen LogP contribution < -0.4 is 10.1 Å². The lowest BCUT2D eigenvalue weighted by molar-refractivity contribution is 0.385. The van der Waals surface area contributed by atoms with Gasteiger partial charge in [-0.15, -0.1) is 0 Å². The highest BCUT2D eigenvalue weighted by molar-refractivity contribution is 7.98. The van der Waals surface area contributed by atoms with Crippen molar-refractivity contribution in [2.75, 3.05) is 26.2 Å². The molecule has 1 rings (SSSR count). The van der Waals surface area contributed by atoms with Crippen LogP contribution in [-0.4, -0.2) is 26.2 Å². The molecule has 0 bridgehead atoms. The minimum Gasteiger partial charge on any atom is -0.494 e. The largest absolute Gasteiger partial charge is 0.494 e. The van der Waals surface area contributed by atoms with E-state index < -0.39 is 0 Å². The second kappa shape index (κ2) is 6.76. The van der Waals surface area contributed by atoms with E-state index >= 15 is 0 Å². The predicted octanol–water partition coefficient (Wildman–Crippen LogP) is 2.85. The van der Waals surface area contributed by atoms with Crippen LogP contribution in [0, 0.1) is 5.82 Å². The number of thioether (sulfide) groups is 1. The molecule has 1 atom stereocenters. The van der Waals surface area contributed by atoms with Gasteiger partial charge in [0, 0.05) is 6.04 Å². The molecular formula is C12H18FNOS. The molecule has 16 heavy (non-hydrogen) atoms. The monoisotopic (exact) mass is 243 g/mol. The Bertz CT molecular complexity index is 333. The topological polar surface area (TPSA) is 21.3 Å². The second-order valence-corrected chi connectivity index (χ2v) is 4.50. The molecule has 0 amide bonds. The molecule has 1 N–H and O–H groups in total. The van der Waals surface area contributed by atoms with Crippen molar-refractivity contribution in [2.45, 2.75) is 12.5 Å². The van der Waals surface area contributed by atoms with Crippen LogP contribution in [0.5, 0.6) is 5.75 Å². The van der Waals surface area contributed by atoms with Crippen molar-refractivity contribution in [3.8, 4) is 5.75 Å². The third-order valence-corrected chi connectivity index (χ3v) is 3.18. The molecule has 2 nitrogen and oxygen atoms in total. The van der Waals surface area contributed by atoms with Crippen molar-refractivity contribution in [1.29, 1.82) is 0 Å². The molecule has 4 heteroatoms. The summed E-state index contributed by atoms with van der Waals surface area (Å²) in [5, 5.41) is 3.20. The maximum Gasteiger partial charge on any atom is 0.165 e. The van der Waals surface area contributed by atoms with Gasteiger partial charge < -0.3 is 10.1 Å². The molecule has 0 radical (unpaired) electrons.